The molecule has 1 aromatic carbocycles. The van der Waals surface area contributed by atoms with Gasteiger partial charge in [0, 0.05) is 30.9 Å². The molecular weight excluding hydrogens is 219 g/mol. The molecule has 0 unspecified atom stereocenters. The summed E-state index contributed by atoms with van der Waals surface area (Å²) in [5.74, 6) is -0.225. The summed E-state index contributed by atoms with van der Waals surface area (Å²) >= 11 is 0. The maximum Gasteiger partial charge on any atom is 0.129 e. The molecule has 94 valence electrons. The summed E-state index contributed by atoms with van der Waals surface area (Å²) in [5, 5.41) is 0. The van der Waals surface area contributed by atoms with Crippen LogP contribution in [0.3, 0.4) is 0 Å². The van der Waals surface area contributed by atoms with E-state index in [2.05, 4.69) is 4.90 Å². The zero-order valence-electron chi connectivity index (χ0n) is 10.3. The summed E-state index contributed by atoms with van der Waals surface area (Å²) in [7, 11) is 0. The molecule has 1 aliphatic rings. The lowest BCUT2D eigenvalue weighted by Gasteiger charge is -2.37. The number of morpholine rings is 1. The highest BCUT2D eigenvalue weighted by atomic mass is 19.1. The highest BCUT2D eigenvalue weighted by Crippen LogP contribution is 2.22. The molecule has 1 fully saturated rings. The molecule has 0 radical (unpaired) electrons. The van der Waals surface area contributed by atoms with Gasteiger partial charge in [-0.25, -0.2) is 4.39 Å². The molecule has 0 aromatic heterocycles. The van der Waals surface area contributed by atoms with Crippen molar-refractivity contribution in [1.82, 2.24) is 0 Å². The molecule has 4 heteroatoms. The summed E-state index contributed by atoms with van der Waals surface area (Å²) < 4.78 is 19.3. The van der Waals surface area contributed by atoms with Crippen LogP contribution in [0.1, 0.15) is 19.4 Å². The molecule has 1 heterocycles. The topological polar surface area (TPSA) is 38.5 Å². The van der Waals surface area contributed by atoms with Gasteiger partial charge in [0.15, 0.2) is 0 Å². The molecule has 0 bridgehead atoms. The predicted octanol–water partition coefficient (Wildman–Crippen LogP) is 1.90. The number of hydrogen-bond acceptors (Lipinski definition) is 3. The third-order valence-corrected chi connectivity index (χ3v) is 3.04. The van der Waals surface area contributed by atoms with Crippen molar-refractivity contribution in [2.45, 2.75) is 32.6 Å². The van der Waals surface area contributed by atoms with Crippen LogP contribution in [0.4, 0.5) is 10.1 Å². The van der Waals surface area contributed by atoms with Crippen LogP contribution in [0.2, 0.25) is 0 Å². The van der Waals surface area contributed by atoms with Gasteiger partial charge in [-0.15, -0.1) is 0 Å². The molecule has 0 spiro atoms. The van der Waals surface area contributed by atoms with Crippen molar-refractivity contribution in [2.24, 2.45) is 5.73 Å². The number of nitrogens with two attached hydrogens (primary N) is 1. The monoisotopic (exact) mass is 238 g/mol. The molecule has 17 heavy (non-hydrogen) atoms. The largest absolute Gasteiger partial charge is 0.372 e. The molecule has 2 rings (SSSR count). The maximum absolute atomic E-state index is 13.7. The highest BCUT2D eigenvalue weighted by molar-refractivity contribution is 5.48. The van der Waals surface area contributed by atoms with Gasteiger partial charge in [0.1, 0.15) is 5.82 Å². The lowest BCUT2D eigenvalue weighted by Crippen LogP contribution is -2.45. The number of halogens is 1. The Morgan fingerprint density at radius 3 is 2.53 bits per heavy atom. The van der Waals surface area contributed by atoms with E-state index in [9.17, 15) is 4.39 Å². The summed E-state index contributed by atoms with van der Waals surface area (Å²) in [6, 6.07) is 5.25. The van der Waals surface area contributed by atoms with Crippen LogP contribution in [0.25, 0.3) is 0 Å². The molecule has 2 N–H and O–H groups in total. The van der Waals surface area contributed by atoms with E-state index in [1.54, 1.807) is 12.1 Å². The fraction of sp³-hybridized carbons (Fsp3) is 0.538. The van der Waals surface area contributed by atoms with Gasteiger partial charge in [-0.2, -0.15) is 0 Å². The number of hydrogen-bond donors (Lipinski definition) is 1. The first-order chi connectivity index (χ1) is 8.10. The van der Waals surface area contributed by atoms with E-state index in [4.69, 9.17) is 10.5 Å². The normalized spacial score (nSPS) is 25.1. The van der Waals surface area contributed by atoms with Gasteiger partial charge in [-0.05, 0) is 26.0 Å². The first-order valence-electron chi connectivity index (χ1n) is 5.99. The molecule has 3 nitrogen and oxygen atoms in total. The fourth-order valence-electron chi connectivity index (χ4n) is 2.29. The van der Waals surface area contributed by atoms with E-state index in [0.717, 1.165) is 18.8 Å². The first-order valence-corrected chi connectivity index (χ1v) is 5.99. The predicted molar refractivity (Wildman–Crippen MR) is 66.5 cm³/mol. The van der Waals surface area contributed by atoms with E-state index < -0.39 is 0 Å². The minimum Gasteiger partial charge on any atom is -0.372 e. The number of benzene rings is 1. The van der Waals surface area contributed by atoms with Gasteiger partial charge in [-0.1, -0.05) is 6.07 Å². The SMILES string of the molecule is C[C@@H]1CN(c2ccc(CN)c(F)c2)C[C@H](C)O1. The quantitative estimate of drug-likeness (QED) is 0.855. The van der Waals surface area contributed by atoms with Crippen molar-refractivity contribution in [3.63, 3.8) is 0 Å². The smallest absolute Gasteiger partial charge is 0.129 e. The first kappa shape index (κ1) is 12.3. The van der Waals surface area contributed by atoms with Crippen molar-refractivity contribution in [3.8, 4) is 0 Å². The Morgan fingerprint density at radius 2 is 2.00 bits per heavy atom. The lowest BCUT2D eigenvalue weighted by molar-refractivity contribution is -0.00523. The Hall–Kier alpha value is -1.13. The maximum atomic E-state index is 13.7. The second-order valence-electron chi connectivity index (χ2n) is 4.64. The van der Waals surface area contributed by atoms with Crippen molar-refractivity contribution in [2.75, 3.05) is 18.0 Å². The molecule has 1 aromatic rings. The zero-order valence-corrected chi connectivity index (χ0v) is 10.3. The second-order valence-corrected chi connectivity index (χ2v) is 4.64. The van der Waals surface area contributed by atoms with Crippen molar-refractivity contribution in [3.05, 3.63) is 29.6 Å². The van der Waals surface area contributed by atoms with Gasteiger partial charge in [0.25, 0.3) is 0 Å². The van der Waals surface area contributed by atoms with Gasteiger partial charge in [0.05, 0.1) is 12.2 Å². The number of ether oxygens (including phenoxy) is 1. The third kappa shape index (κ3) is 2.76. The average molecular weight is 238 g/mol. The third-order valence-electron chi connectivity index (χ3n) is 3.04. The molecule has 0 aliphatic carbocycles. The van der Waals surface area contributed by atoms with Crippen molar-refractivity contribution < 1.29 is 9.13 Å². The Balaban J connectivity index is 2.19. The van der Waals surface area contributed by atoms with Crippen LogP contribution in [-0.4, -0.2) is 25.3 Å². The minimum atomic E-state index is -0.225. The van der Waals surface area contributed by atoms with Crippen LogP contribution >= 0.6 is 0 Å². The van der Waals surface area contributed by atoms with E-state index in [-0.39, 0.29) is 24.6 Å². The van der Waals surface area contributed by atoms with Crippen LogP contribution in [0.15, 0.2) is 18.2 Å². The van der Waals surface area contributed by atoms with Crippen LogP contribution in [0, 0.1) is 5.82 Å². The zero-order chi connectivity index (χ0) is 12.4. The van der Waals surface area contributed by atoms with Crippen molar-refractivity contribution in [1.29, 1.82) is 0 Å². The fourth-order valence-corrected chi connectivity index (χ4v) is 2.29. The summed E-state index contributed by atoms with van der Waals surface area (Å²) in [4.78, 5) is 2.15. The summed E-state index contributed by atoms with van der Waals surface area (Å²) in [6.45, 7) is 5.90. The van der Waals surface area contributed by atoms with E-state index in [1.165, 1.54) is 0 Å². The summed E-state index contributed by atoms with van der Waals surface area (Å²) in [5.41, 5.74) is 6.91. The Labute approximate surface area is 101 Å². The lowest BCUT2D eigenvalue weighted by atomic mass is 10.1. The van der Waals surface area contributed by atoms with E-state index >= 15 is 0 Å². The van der Waals surface area contributed by atoms with Crippen LogP contribution < -0.4 is 10.6 Å². The van der Waals surface area contributed by atoms with Gasteiger partial charge in [-0.3, -0.25) is 0 Å². The van der Waals surface area contributed by atoms with Gasteiger partial charge in [0.2, 0.25) is 0 Å². The summed E-state index contributed by atoms with van der Waals surface area (Å²) in [6.07, 6.45) is 0.354. The minimum absolute atomic E-state index is 0.177. The number of rotatable bonds is 2. The molecular formula is C13H19FN2O. The van der Waals surface area contributed by atoms with Crippen molar-refractivity contribution >= 4 is 5.69 Å². The van der Waals surface area contributed by atoms with E-state index in [1.807, 2.05) is 19.9 Å². The number of nitrogens with zero attached hydrogens (tertiary/aromatic N) is 1. The second kappa shape index (κ2) is 5.02. The molecule has 1 saturated heterocycles. The van der Waals surface area contributed by atoms with E-state index in [0.29, 0.717) is 5.56 Å². The Kier molecular flexibility index (Phi) is 3.64. The molecule has 2 atom stereocenters. The molecule has 1 aliphatic heterocycles. The standard InChI is InChI=1S/C13H19FN2O/c1-9-7-16(8-10(2)17-9)12-4-3-11(6-15)13(14)5-12/h3-5,9-10H,6-8,15H2,1-2H3/t9-,10+. The van der Waals surface area contributed by atoms with Gasteiger partial charge < -0.3 is 15.4 Å². The average Bonchev–Trinajstić information content (AvgIpc) is 2.27. The molecule has 0 amide bonds. The van der Waals surface area contributed by atoms with Gasteiger partial charge >= 0.3 is 0 Å². The Morgan fingerprint density at radius 1 is 1.35 bits per heavy atom. The Bertz CT molecular complexity index is 387. The highest BCUT2D eigenvalue weighted by Gasteiger charge is 2.22. The number of anilines is 1. The van der Waals surface area contributed by atoms with Crippen LogP contribution in [0.5, 0.6) is 0 Å². The molecule has 0 saturated carbocycles. The van der Waals surface area contributed by atoms with Crippen LogP contribution in [-0.2, 0) is 11.3 Å².